The molecule has 0 spiro atoms. The molecule has 0 aliphatic carbocycles. The Labute approximate surface area is 399 Å². The van der Waals surface area contributed by atoms with Gasteiger partial charge in [0, 0.05) is 26.4 Å². The standard InChI is InChI=1S/C60H120N3/c1-9-11-13-15-17-19-21-23-25-27-29-31-33-35-37-39-46-59(47-40-38-36-34-32-30-28-26-24-22-20-18-16-14-12-10-2)48-41-42-49-60(51-50-56(5)45-43-44-55(3)4)61-52-53-63-57(6)54-62(8)58(63)7/h54-56,59-61H,9-53H2,1-8H3/q+1. The lowest BCUT2D eigenvalue weighted by molar-refractivity contribution is -0.677. The molecule has 0 bridgehead atoms. The molecule has 0 amide bonds. The van der Waals surface area contributed by atoms with Gasteiger partial charge in [-0.05, 0) is 37.0 Å². The third kappa shape index (κ3) is 37.9. The Bertz CT molecular complexity index is 1020. The summed E-state index contributed by atoms with van der Waals surface area (Å²) in [5.41, 5.74) is 1.38. The molecule has 1 N–H and O–H groups in total. The molecule has 0 fully saturated rings. The van der Waals surface area contributed by atoms with Crippen LogP contribution in [-0.2, 0) is 13.6 Å². The third-order valence-electron chi connectivity index (χ3n) is 15.3. The molecule has 63 heavy (non-hydrogen) atoms. The molecule has 1 rings (SSSR count). The number of aromatic nitrogens is 2. The van der Waals surface area contributed by atoms with Gasteiger partial charge in [0.05, 0.1) is 7.05 Å². The second-order valence-corrected chi connectivity index (χ2v) is 22.1. The zero-order chi connectivity index (χ0) is 45.9. The number of rotatable bonds is 50. The first-order chi connectivity index (χ1) is 30.8. The van der Waals surface area contributed by atoms with Crippen LogP contribution in [-0.4, -0.2) is 17.2 Å². The van der Waals surface area contributed by atoms with Crippen LogP contribution in [0.25, 0.3) is 0 Å². The van der Waals surface area contributed by atoms with E-state index in [-0.39, 0.29) is 0 Å². The predicted octanol–water partition coefficient (Wildman–Crippen LogP) is 19.6. The summed E-state index contributed by atoms with van der Waals surface area (Å²) in [6.07, 6.45) is 64.9. The Morgan fingerprint density at radius 2 is 0.794 bits per heavy atom. The van der Waals surface area contributed by atoms with Crippen molar-refractivity contribution in [2.24, 2.45) is 24.8 Å². The molecule has 2 unspecified atom stereocenters. The van der Waals surface area contributed by atoms with E-state index in [9.17, 15) is 0 Å². The molecule has 3 nitrogen and oxygen atoms in total. The zero-order valence-electron chi connectivity index (χ0n) is 45.1. The van der Waals surface area contributed by atoms with E-state index in [4.69, 9.17) is 0 Å². The van der Waals surface area contributed by atoms with Gasteiger partial charge in [-0.3, -0.25) is 0 Å². The highest BCUT2D eigenvalue weighted by Gasteiger charge is 2.17. The van der Waals surface area contributed by atoms with Crippen LogP contribution in [0, 0.1) is 31.6 Å². The molecule has 2 atom stereocenters. The summed E-state index contributed by atoms with van der Waals surface area (Å²) in [5.74, 6) is 4.02. The largest absolute Gasteiger partial charge is 0.310 e. The van der Waals surface area contributed by atoms with Crippen LogP contribution < -0.4 is 9.88 Å². The number of imidazole rings is 1. The van der Waals surface area contributed by atoms with Crippen LogP contribution in [0.1, 0.15) is 322 Å². The van der Waals surface area contributed by atoms with E-state index in [1.807, 2.05) is 0 Å². The zero-order valence-corrected chi connectivity index (χ0v) is 45.1. The highest BCUT2D eigenvalue weighted by molar-refractivity contribution is 4.95. The monoisotopic (exact) mass is 883 g/mol. The van der Waals surface area contributed by atoms with Crippen LogP contribution in [0.4, 0.5) is 0 Å². The minimum Gasteiger partial charge on any atom is -0.310 e. The van der Waals surface area contributed by atoms with E-state index in [1.165, 1.54) is 288 Å². The Kier molecular flexibility index (Phi) is 43.0. The lowest BCUT2D eigenvalue weighted by Crippen LogP contribution is -2.34. The second-order valence-electron chi connectivity index (χ2n) is 22.1. The van der Waals surface area contributed by atoms with E-state index < -0.39 is 0 Å². The lowest BCUT2D eigenvalue weighted by Gasteiger charge is -2.22. The second kappa shape index (κ2) is 45.0. The molecular formula is C60H120N3+. The van der Waals surface area contributed by atoms with E-state index in [0.29, 0.717) is 6.04 Å². The Morgan fingerprint density at radius 1 is 0.429 bits per heavy atom. The summed E-state index contributed by atoms with van der Waals surface area (Å²) in [6, 6.07) is 0.668. The predicted molar refractivity (Wildman–Crippen MR) is 284 cm³/mol. The molecule has 3 heteroatoms. The first kappa shape index (κ1) is 60.2. The summed E-state index contributed by atoms with van der Waals surface area (Å²) in [7, 11) is 2.18. The molecule has 374 valence electrons. The first-order valence-electron chi connectivity index (χ1n) is 29.5. The fraction of sp³-hybridized carbons (Fsp3) is 0.950. The molecule has 0 aliphatic heterocycles. The van der Waals surface area contributed by atoms with Gasteiger partial charge >= 0.3 is 0 Å². The van der Waals surface area contributed by atoms with Gasteiger partial charge in [0.1, 0.15) is 18.4 Å². The number of unbranched alkanes of at least 4 members (excludes halogenated alkanes) is 31. The summed E-state index contributed by atoms with van der Waals surface area (Å²) in [4.78, 5) is 0. The van der Waals surface area contributed by atoms with Crippen molar-refractivity contribution < 1.29 is 4.57 Å². The summed E-state index contributed by atoms with van der Waals surface area (Å²) in [5, 5.41) is 4.09. The summed E-state index contributed by atoms with van der Waals surface area (Å²) >= 11 is 0. The fourth-order valence-corrected chi connectivity index (χ4v) is 10.7. The van der Waals surface area contributed by atoms with Gasteiger partial charge in [-0.25, -0.2) is 9.13 Å². The maximum absolute atomic E-state index is 4.09. The normalized spacial score (nSPS) is 13.0. The van der Waals surface area contributed by atoms with Crippen LogP contribution >= 0.6 is 0 Å². The number of aryl methyl sites for hydroxylation is 2. The molecule has 0 saturated heterocycles. The van der Waals surface area contributed by atoms with E-state index in [0.717, 1.165) is 30.8 Å². The quantitative estimate of drug-likeness (QED) is 0.0511. The molecule has 1 aromatic rings. The van der Waals surface area contributed by atoms with Gasteiger partial charge in [-0.15, -0.1) is 0 Å². The van der Waals surface area contributed by atoms with Crippen LogP contribution in [0.5, 0.6) is 0 Å². The van der Waals surface area contributed by atoms with E-state index in [2.05, 4.69) is 76.2 Å². The van der Waals surface area contributed by atoms with Gasteiger partial charge in [-0.1, -0.05) is 291 Å². The minimum atomic E-state index is 0.668. The first-order valence-corrected chi connectivity index (χ1v) is 29.5. The van der Waals surface area contributed by atoms with Crippen LogP contribution in [0.2, 0.25) is 0 Å². The lowest BCUT2D eigenvalue weighted by atomic mass is 9.88. The smallest absolute Gasteiger partial charge is 0.253 e. The van der Waals surface area contributed by atoms with Gasteiger partial charge in [0.15, 0.2) is 0 Å². The number of nitrogens with one attached hydrogen (secondary N) is 1. The van der Waals surface area contributed by atoms with Crippen LogP contribution in [0.15, 0.2) is 6.20 Å². The topological polar surface area (TPSA) is 20.8 Å². The van der Waals surface area contributed by atoms with Crippen molar-refractivity contribution in [3.63, 3.8) is 0 Å². The third-order valence-corrected chi connectivity index (χ3v) is 15.3. The van der Waals surface area contributed by atoms with E-state index >= 15 is 0 Å². The Balaban J connectivity index is 2.46. The molecule has 0 aromatic carbocycles. The fourth-order valence-electron chi connectivity index (χ4n) is 10.7. The maximum Gasteiger partial charge on any atom is 0.253 e. The average molecular weight is 884 g/mol. The van der Waals surface area contributed by atoms with Gasteiger partial charge in [0.25, 0.3) is 5.82 Å². The summed E-state index contributed by atoms with van der Waals surface area (Å²) < 4.78 is 4.78. The molecule has 1 aromatic heterocycles. The number of hydrogen-bond donors (Lipinski definition) is 1. The maximum atomic E-state index is 4.09. The van der Waals surface area contributed by atoms with Gasteiger partial charge in [-0.2, -0.15) is 0 Å². The highest BCUT2D eigenvalue weighted by Crippen LogP contribution is 2.26. The summed E-state index contributed by atoms with van der Waals surface area (Å²) in [6.45, 7) is 18.6. The molecular weight excluding hydrogens is 763 g/mol. The van der Waals surface area contributed by atoms with Crippen LogP contribution in [0.3, 0.4) is 0 Å². The van der Waals surface area contributed by atoms with Gasteiger partial charge < -0.3 is 5.32 Å². The van der Waals surface area contributed by atoms with Crippen molar-refractivity contribution in [2.75, 3.05) is 6.54 Å². The van der Waals surface area contributed by atoms with Crippen molar-refractivity contribution >= 4 is 0 Å². The van der Waals surface area contributed by atoms with Crippen molar-refractivity contribution in [3.05, 3.63) is 17.7 Å². The van der Waals surface area contributed by atoms with Crippen molar-refractivity contribution in [1.29, 1.82) is 0 Å². The highest BCUT2D eigenvalue weighted by atomic mass is 15.2. The Morgan fingerprint density at radius 3 is 1.16 bits per heavy atom. The number of nitrogens with zero attached hydrogens (tertiary/aromatic N) is 2. The Hall–Kier alpha value is -0.830. The van der Waals surface area contributed by atoms with Crippen molar-refractivity contribution in [3.8, 4) is 0 Å². The number of hydrogen-bond acceptors (Lipinski definition) is 1. The van der Waals surface area contributed by atoms with Gasteiger partial charge in [0.2, 0.25) is 0 Å². The molecule has 1 heterocycles. The van der Waals surface area contributed by atoms with E-state index in [1.54, 1.807) is 0 Å². The van der Waals surface area contributed by atoms with Crippen molar-refractivity contribution in [1.82, 2.24) is 9.88 Å². The SMILES string of the molecule is CCCCCCCCCCCCCCCCCCC(CCCCCCCCCCCCCCCCCC)CCCCC(CCC(C)CCCC(C)C)NCCn1c(C)c[n+](C)c1C. The minimum absolute atomic E-state index is 0.668. The average Bonchev–Trinajstić information content (AvgIpc) is 3.51. The van der Waals surface area contributed by atoms with Crippen molar-refractivity contribution in [2.45, 2.75) is 337 Å². The molecule has 0 radical (unpaired) electrons. The molecule has 0 aliphatic rings. The molecule has 0 saturated carbocycles.